The highest BCUT2D eigenvalue weighted by Crippen LogP contribution is 2.23. The minimum atomic E-state index is -1.13. The van der Waals surface area contributed by atoms with Crippen molar-refractivity contribution in [1.29, 1.82) is 0 Å². The van der Waals surface area contributed by atoms with Crippen LogP contribution >= 0.6 is 11.6 Å². The molecule has 0 heterocycles. The Kier molecular flexibility index (Phi) is 8.18. The van der Waals surface area contributed by atoms with Crippen molar-refractivity contribution in [2.75, 3.05) is 0 Å². The number of hydrogen-bond acceptors (Lipinski definition) is 4. The molecule has 1 atom stereocenters. The third-order valence-corrected chi connectivity index (χ3v) is 5.08. The van der Waals surface area contributed by atoms with Gasteiger partial charge < -0.3 is 19.9 Å². The summed E-state index contributed by atoms with van der Waals surface area (Å²) in [7, 11) is 0. The fraction of sp³-hybridized carbons (Fsp3) is 0.259. The Labute approximate surface area is 204 Å². The molecule has 34 heavy (non-hydrogen) atoms. The van der Waals surface area contributed by atoms with Crippen molar-refractivity contribution in [3.63, 3.8) is 0 Å². The van der Waals surface area contributed by atoms with Gasteiger partial charge in [-0.25, -0.2) is 9.59 Å². The minimum absolute atomic E-state index is 0.119. The molecule has 6 nitrogen and oxygen atoms in total. The molecule has 0 aliphatic heterocycles. The van der Waals surface area contributed by atoms with Crippen molar-refractivity contribution in [2.24, 2.45) is 0 Å². The number of carboxylic acid groups (broad SMARTS) is 1. The third kappa shape index (κ3) is 8.12. The zero-order valence-electron chi connectivity index (χ0n) is 19.4. The number of aliphatic carboxylic acids is 1. The van der Waals surface area contributed by atoms with E-state index in [0.29, 0.717) is 11.5 Å². The Morgan fingerprint density at radius 3 is 1.79 bits per heavy atom. The van der Waals surface area contributed by atoms with Crippen molar-refractivity contribution < 1.29 is 24.2 Å². The summed E-state index contributed by atoms with van der Waals surface area (Å²) in [5.74, 6) is 0.189. The van der Waals surface area contributed by atoms with Gasteiger partial charge in [-0.05, 0) is 80.3 Å². The molecule has 0 bridgehead atoms. The van der Waals surface area contributed by atoms with Crippen molar-refractivity contribution in [1.82, 2.24) is 5.32 Å². The Bertz CT molecular complexity index is 1100. The summed E-state index contributed by atoms with van der Waals surface area (Å²) in [6.07, 6.45) is 0.155. The molecule has 0 spiro atoms. The Hall–Kier alpha value is -3.51. The van der Waals surface area contributed by atoms with E-state index in [0.717, 1.165) is 22.6 Å². The molecule has 3 aromatic rings. The summed E-state index contributed by atoms with van der Waals surface area (Å²) in [5, 5.41) is 12.6. The molecule has 0 aromatic heterocycles. The van der Waals surface area contributed by atoms with Crippen LogP contribution in [0.15, 0.2) is 72.8 Å². The highest BCUT2D eigenvalue weighted by Gasteiger charge is 2.24. The number of carbonyl (C=O) groups is 2. The predicted octanol–water partition coefficient (Wildman–Crippen LogP) is 6.24. The fourth-order valence-electron chi connectivity index (χ4n) is 3.23. The third-order valence-electron chi connectivity index (χ3n) is 4.83. The van der Waals surface area contributed by atoms with Gasteiger partial charge in [0.2, 0.25) is 0 Å². The summed E-state index contributed by atoms with van der Waals surface area (Å²) < 4.78 is 11.1. The molecular weight excluding hydrogens is 454 g/mol. The number of amides is 1. The maximum absolute atomic E-state index is 11.9. The molecule has 178 valence electrons. The van der Waals surface area contributed by atoms with E-state index in [1.165, 1.54) is 5.56 Å². The molecular formula is C27H28ClNO5. The first-order valence-corrected chi connectivity index (χ1v) is 11.3. The quantitative estimate of drug-likeness (QED) is 0.397. The van der Waals surface area contributed by atoms with Crippen LogP contribution in [0.1, 0.15) is 37.5 Å². The highest BCUT2D eigenvalue weighted by atomic mass is 35.5. The number of alkyl carbamates (subject to hydrolysis) is 1. The van der Waals surface area contributed by atoms with Crippen LogP contribution in [0.3, 0.4) is 0 Å². The van der Waals surface area contributed by atoms with E-state index in [9.17, 15) is 14.7 Å². The van der Waals surface area contributed by atoms with Crippen molar-refractivity contribution in [3.05, 3.63) is 94.5 Å². The number of nitrogens with one attached hydrogen (secondary N) is 1. The van der Waals surface area contributed by atoms with Gasteiger partial charge in [-0.3, -0.25) is 0 Å². The van der Waals surface area contributed by atoms with Crippen LogP contribution in [0.5, 0.6) is 11.5 Å². The normalized spacial score (nSPS) is 12.0. The highest BCUT2D eigenvalue weighted by molar-refractivity contribution is 6.30. The second kappa shape index (κ2) is 11.1. The fourth-order valence-corrected chi connectivity index (χ4v) is 3.35. The van der Waals surface area contributed by atoms with Gasteiger partial charge in [0.25, 0.3) is 0 Å². The van der Waals surface area contributed by atoms with E-state index in [1.807, 2.05) is 48.5 Å². The lowest BCUT2D eigenvalue weighted by Gasteiger charge is -2.22. The molecule has 0 aliphatic rings. The summed E-state index contributed by atoms with van der Waals surface area (Å²) in [5.41, 5.74) is 2.37. The van der Waals surface area contributed by atoms with E-state index < -0.39 is 23.7 Å². The lowest BCUT2D eigenvalue weighted by atomic mass is 10.1. The monoisotopic (exact) mass is 481 g/mol. The largest absolute Gasteiger partial charge is 0.480 e. The van der Waals surface area contributed by atoms with Crippen LogP contribution in [0.4, 0.5) is 4.79 Å². The van der Waals surface area contributed by atoms with Crippen LogP contribution in [-0.4, -0.2) is 28.8 Å². The number of carbonyl (C=O) groups excluding carboxylic acids is 1. The average molecular weight is 482 g/mol. The van der Waals surface area contributed by atoms with Crippen LogP contribution in [0.2, 0.25) is 5.02 Å². The molecule has 1 amide bonds. The second-order valence-corrected chi connectivity index (χ2v) is 9.37. The first-order chi connectivity index (χ1) is 16.1. The Morgan fingerprint density at radius 2 is 1.32 bits per heavy atom. The molecule has 2 N–H and O–H groups in total. The van der Waals surface area contributed by atoms with Crippen LogP contribution in [0, 0.1) is 0 Å². The molecule has 0 unspecified atom stereocenters. The lowest BCUT2D eigenvalue weighted by molar-refractivity contribution is -0.139. The molecule has 3 rings (SSSR count). The maximum Gasteiger partial charge on any atom is 0.408 e. The van der Waals surface area contributed by atoms with Gasteiger partial charge in [0.1, 0.15) is 23.1 Å². The van der Waals surface area contributed by atoms with Crippen molar-refractivity contribution in [3.8, 4) is 11.5 Å². The number of hydrogen-bond donors (Lipinski definition) is 2. The van der Waals surface area contributed by atoms with Gasteiger partial charge in [-0.1, -0.05) is 48.0 Å². The van der Waals surface area contributed by atoms with Gasteiger partial charge in [0, 0.05) is 11.4 Å². The molecule has 7 heteroatoms. The summed E-state index contributed by atoms with van der Waals surface area (Å²) >= 11 is 5.94. The molecule has 0 aliphatic carbocycles. The van der Waals surface area contributed by atoms with E-state index in [-0.39, 0.29) is 6.42 Å². The second-order valence-electron chi connectivity index (χ2n) is 8.93. The molecule has 0 saturated heterocycles. The number of rotatable bonds is 8. The lowest BCUT2D eigenvalue weighted by Crippen LogP contribution is -2.44. The first kappa shape index (κ1) is 25.1. The van der Waals surface area contributed by atoms with E-state index in [4.69, 9.17) is 21.1 Å². The Balaban J connectivity index is 1.56. The van der Waals surface area contributed by atoms with E-state index in [2.05, 4.69) is 5.32 Å². The van der Waals surface area contributed by atoms with Gasteiger partial charge in [-0.15, -0.1) is 0 Å². The molecule has 0 radical (unpaired) electrons. The van der Waals surface area contributed by atoms with Gasteiger partial charge in [-0.2, -0.15) is 0 Å². The summed E-state index contributed by atoms with van der Waals surface area (Å²) in [6, 6.07) is 21.6. The van der Waals surface area contributed by atoms with E-state index in [1.54, 1.807) is 45.0 Å². The SMILES string of the molecule is CC(C)(C)OC(=O)N[C@@H](Cc1ccc(Oc2ccc(Cc3ccc(Cl)cc3)cc2)cc1)C(=O)O. The Morgan fingerprint density at radius 1 is 0.853 bits per heavy atom. The topological polar surface area (TPSA) is 84.9 Å². The number of benzene rings is 3. The van der Waals surface area contributed by atoms with Crippen molar-refractivity contribution >= 4 is 23.7 Å². The summed E-state index contributed by atoms with van der Waals surface area (Å²) in [4.78, 5) is 23.5. The van der Waals surface area contributed by atoms with Crippen LogP contribution < -0.4 is 10.1 Å². The predicted molar refractivity (Wildman–Crippen MR) is 132 cm³/mol. The molecule has 0 saturated carbocycles. The first-order valence-electron chi connectivity index (χ1n) is 10.9. The zero-order chi connectivity index (χ0) is 24.7. The van der Waals surface area contributed by atoms with Gasteiger partial charge >= 0.3 is 12.1 Å². The van der Waals surface area contributed by atoms with Gasteiger partial charge in [0.05, 0.1) is 0 Å². The molecule has 0 fully saturated rings. The van der Waals surface area contributed by atoms with E-state index >= 15 is 0 Å². The standard InChI is InChI=1S/C27H28ClNO5/c1-27(2,3)34-26(32)29-24(25(30)31)17-20-8-14-23(15-9-20)33-22-12-6-19(7-13-22)16-18-4-10-21(28)11-5-18/h4-15,24H,16-17H2,1-3H3,(H,29,32)(H,30,31)/t24-/m0/s1. The van der Waals surface area contributed by atoms with Gasteiger partial charge in [0.15, 0.2) is 0 Å². The number of halogens is 1. The van der Waals surface area contributed by atoms with Crippen LogP contribution in [-0.2, 0) is 22.4 Å². The zero-order valence-corrected chi connectivity index (χ0v) is 20.1. The van der Waals surface area contributed by atoms with Crippen molar-refractivity contribution in [2.45, 2.75) is 45.3 Å². The number of ether oxygens (including phenoxy) is 2. The van der Waals surface area contributed by atoms with Crippen LogP contribution in [0.25, 0.3) is 0 Å². The maximum atomic E-state index is 11.9. The summed E-state index contributed by atoms with van der Waals surface area (Å²) in [6.45, 7) is 5.15. The smallest absolute Gasteiger partial charge is 0.408 e. The molecule has 3 aromatic carbocycles. The minimum Gasteiger partial charge on any atom is -0.480 e. The number of carboxylic acids is 1. The average Bonchev–Trinajstić information content (AvgIpc) is 2.76.